The van der Waals surface area contributed by atoms with E-state index in [1.807, 2.05) is 13.8 Å². The number of carbonyl (C=O) groups is 2. The Hall–Kier alpha value is -1.95. The lowest BCUT2D eigenvalue weighted by Crippen LogP contribution is -2.36. The maximum absolute atomic E-state index is 12.3. The molecule has 124 valence electrons. The van der Waals surface area contributed by atoms with E-state index in [9.17, 15) is 14.4 Å². The van der Waals surface area contributed by atoms with Crippen molar-refractivity contribution in [3.63, 3.8) is 0 Å². The Morgan fingerprint density at radius 1 is 1.39 bits per heavy atom. The summed E-state index contributed by atoms with van der Waals surface area (Å²) in [6, 6.07) is 1.45. The fourth-order valence-corrected chi connectivity index (χ4v) is 3.27. The molecule has 1 aromatic rings. The summed E-state index contributed by atoms with van der Waals surface area (Å²) >= 11 is 0. The molecule has 1 aliphatic carbocycles. The third-order valence-corrected chi connectivity index (χ3v) is 4.54. The summed E-state index contributed by atoms with van der Waals surface area (Å²) < 4.78 is 5.26. The second-order valence-corrected chi connectivity index (χ2v) is 7.28. The molecule has 0 spiro atoms. The van der Waals surface area contributed by atoms with Crippen molar-refractivity contribution in [2.75, 3.05) is 19.8 Å². The molecule has 0 saturated carbocycles. The van der Waals surface area contributed by atoms with Gasteiger partial charge >= 0.3 is 0 Å². The SMILES string of the molecule is CC1(C)CC(=O)c2cc(C(=O)NCC3CCOC3)c(=O)[nH]c2C1. The first-order valence-electron chi connectivity index (χ1n) is 8.01. The van der Waals surface area contributed by atoms with Crippen LogP contribution in [0.1, 0.15) is 53.1 Å². The summed E-state index contributed by atoms with van der Waals surface area (Å²) in [5, 5.41) is 2.77. The van der Waals surface area contributed by atoms with Gasteiger partial charge in [-0.2, -0.15) is 0 Å². The smallest absolute Gasteiger partial charge is 0.261 e. The molecule has 1 atom stereocenters. The summed E-state index contributed by atoms with van der Waals surface area (Å²) in [7, 11) is 0. The number of amides is 1. The van der Waals surface area contributed by atoms with Crippen molar-refractivity contribution in [3.8, 4) is 0 Å². The largest absolute Gasteiger partial charge is 0.381 e. The van der Waals surface area contributed by atoms with Crippen LogP contribution in [0.15, 0.2) is 10.9 Å². The Balaban J connectivity index is 1.80. The van der Waals surface area contributed by atoms with Crippen LogP contribution in [0.2, 0.25) is 0 Å². The molecule has 2 aliphatic rings. The molecule has 3 rings (SSSR count). The van der Waals surface area contributed by atoms with Gasteiger partial charge in [0.2, 0.25) is 0 Å². The average molecular weight is 318 g/mol. The molecule has 6 nitrogen and oxygen atoms in total. The number of aromatic nitrogens is 1. The zero-order chi connectivity index (χ0) is 16.6. The summed E-state index contributed by atoms with van der Waals surface area (Å²) in [6.45, 7) is 5.82. The lowest BCUT2D eigenvalue weighted by Gasteiger charge is -2.29. The van der Waals surface area contributed by atoms with Gasteiger partial charge in [0.05, 0.1) is 6.61 Å². The highest BCUT2D eigenvalue weighted by Crippen LogP contribution is 2.33. The van der Waals surface area contributed by atoms with Crippen LogP contribution in [-0.2, 0) is 11.2 Å². The number of carbonyl (C=O) groups excluding carboxylic acids is 2. The highest BCUT2D eigenvalue weighted by Gasteiger charge is 2.32. The normalized spacial score (nSPS) is 22.7. The van der Waals surface area contributed by atoms with Crippen LogP contribution in [0.5, 0.6) is 0 Å². The maximum atomic E-state index is 12.3. The summed E-state index contributed by atoms with van der Waals surface area (Å²) in [4.78, 5) is 39.5. The number of pyridine rings is 1. The van der Waals surface area contributed by atoms with Gasteiger partial charge in [-0.3, -0.25) is 14.4 Å². The minimum atomic E-state index is -0.436. The van der Waals surface area contributed by atoms with Gasteiger partial charge in [-0.05, 0) is 24.3 Å². The van der Waals surface area contributed by atoms with Crippen LogP contribution in [0, 0.1) is 11.3 Å². The Bertz CT molecular complexity index is 699. The third kappa shape index (κ3) is 3.37. The number of H-pyrrole nitrogens is 1. The second kappa shape index (κ2) is 5.92. The number of ketones is 1. The second-order valence-electron chi connectivity index (χ2n) is 7.28. The Morgan fingerprint density at radius 3 is 2.87 bits per heavy atom. The van der Waals surface area contributed by atoms with Crippen LogP contribution in [0.25, 0.3) is 0 Å². The fraction of sp³-hybridized carbons (Fsp3) is 0.588. The van der Waals surface area contributed by atoms with E-state index in [-0.39, 0.29) is 22.7 Å². The molecule has 1 fully saturated rings. The van der Waals surface area contributed by atoms with Gasteiger partial charge < -0.3 is 15.0 Å². The van der Waals surface area contributed by atoms with Crippen molar-refractivity contribution in [3.05, 3.63) is 33.2 Å². The molecule has 0 bridgehead atoms. The van der Waals surface area contributed by atoms with Crippen molar-refractivity contribution >= 4 is 11.7 Å². The quantitative estimate of drug-likeness (QED) is 0.879. The number of hydrogen-bond acceptors (Lipinski definition) is 4. The van der Waals surface area contributed by atoms with Crippen LogP contribution >= 0.6 is 0 Å². The monoisotopic (exact) mass is 318 g/mol. The molecule has 2 N–H and O–H groups in total. The number of ether oxygens (including phenoxy) is 1. The van der Waals surface area contributed by atoms with Gasteiger partial charge in [0.1, 0.15) is 5.56 Å². The molecule has 1 aliphatic heterocycles. The predicted molar refractivity (Wildman–Crippen MR) is 84.8 cm³/mol. The maximum Gasteiger partial charge on any atom is 0.261 e. The van der Waals surface area contributed by atoms with Crippen molar-refractivity contribution in [2.24, 2.45) is 11.3 Å². The first-order chi connectivity index (χ1) is 10.9. The van der Waals surface area contributed by atoms with Crippen molar-refractivity contribution < 1.29 is 14.3 Å². The zero-order valence-electron chi connectivity index (χ0n) is 13.5. The minimum Gasteiger partial charge on any atom is -0.381 e. The summed E-state index contributed by atoms with van der Waals surface area (Å²) in [5.74, 6) is -0.164. The lowest BCUT2D eigenvalue weighted by atomic mass is 9.75. The van der Waals surface area contributed by atoms with Gasteiger partial charge in [-0.15, -0.1) is 0 Å². The fourth-order valence-electron chi connectivity index (χ4n) is 3.27. The number of aromatic amines is 1. The summed E-state index contributed by atoms with van der Waals surface area (Å²) in [6.07, 6.45) is 1.96. The Kier molecular flexibility index (Phi) is 4.10. The van der Waals surface area contributed by atoms with E-state index in [0.29, 0.717) is 43.9 Å². The van der Waals surface area contributed by atoms with E-state index in [2.05, 4.69) is 10.3 Å². The third-order valence-electron chi connectivity index (χ3n) is 4.54. The highest BCUT2D eigenvalue weighted by atomic mass is 16.5. The molecular formula is C17H22N2O4. The van der Waals surface area contributed by atoms with Crippen LogP contribution in [-0.4, -0.2) is 36.4 Å². The van der Waals surface area contributed by atoms with E-state index in [1.54, 1.807) is 0 Å². The average Bonchev–Trinajstić information content (AvgIpc) is 2.96. The molecule has 2 heterocycles. The molecule has 1 aromatic heterocycles. The summed E-state index contributed by atoms with van der Waals surface area (Å²) in [5.41, 5.74) is 0.514. The van der Waals surface area contributed by atoms with E-state index in [1.165, 1.54) is 6.07 Å². The van der Waals surface area contributed by atoms with Gasteiger partial charge in [0.15, 0.2) is 5.78 Å². The first-order valence-corrected chi connectivity index (χ1v) is 8.01. The van der Waals surface area contributed by atoms with E-state index in [4.69, 9.17) is 4.74 Å². The molecule has 0 radical (unpaired) electrons. The van der Waals surface area contributed by atoms with Crippen LogP contribution < -0.4 is 10.9 Å². The molecule has 1 unspecified atom stereocenters. The van der Waals surface area contributed by atoms with Crippen molar-refractivity contribution in [2.45, 2.75) is 33.1 Å². The number of fused-ring (bicyclic) bond motifs is 1. The van der Waals surface area contributed by atoms with Gasteiger partial charge in [0, 0.05) is 36.7 Å². The van der Waals surface area contributed by atoms with Gasteiger partial charge in [-0.1, -0.05) is 13.8 Å². The van der Waals surface area contributed by atoms with E-state index < -0.39 is 11.5 Å². The molecule has 1 amide bonds. The van der Waals surface area contributed by atoms with Gasteiger partial charge in [0.25, 0.3) is 11.5 Å². The molecule has 23 heavy (non-hydrogen) atoms. The minimum absolute atomic E-state index is 0.00993. The Labute approximate surface area is 134 Å². The highest BCUT2D eigenvalue weighted by molar-refractivity contribution is 6.02. The van der Waals surface area contributed by atoms with Crippen molar-refractivity contribution in [1.82, 2.24) is 10.3 Å². The zero-order valence-corrected chi connectivity index (χ0v) is 13.5. The number of hydrogen-bond donors (Lipinski definition) is 2. The lowest BCUT2D eigenvalue weighted by molar-refractivity contribution is 0.0910. The number of Topliss-reactive ketones (excluding diaryl/α,β-unsaturated/α-hetero) is 1. The molecule has 6 heteroatoms. The van der Waals surface area contributed by atoms with Crippen molar-refractivity contribution in [1.29, 1.82) is 0 Å². The van der Waals surface area contributed by atoms with Crippen LogP contribution in [0.3, 0.4) is 0 Å². The standard InChI is InChI=1S/C17H22N2O4/c1-17(2)6-13-11(14(20)7-17)5-12(16(22)19-13)15(21)18-8-10-3-4-23-9-10/h5,10H,3-4,6-9H2,1-2H3,(H,18,21)(H,19,22). The van der Waals surface area contributed by atoms with Crippen LogP contribution in [0.4, 0.5) is 0 Å². The number of nitrogens with one attached hydrogen (secondary N) is 2. The van der Waals surface area contributed by atoms with E-state index >= 15 is 0 Å². The van der Waals surface area contributed by atoms with Gasteiger partial charge in [-0.25, -0.2) is 0 Å². The predicted octanol–water partition coefficient (Wildman–Crippen LogP) is 1.30. The molecule has 0 aromatic carbocycles. The Morgan fingerprint density at radius 2 is 2.17 bits per heavy atom. The number of rotatable bonds is 3. The first kappa shape index (κ1) is 15.9. The van der Waals surface area contributed by atoms with E-state index in [0.717, 1.165) is 6.42 Å². The molecule has 1 saturated heterocycles. The molecular weight excluding hydrogens is 296 g/mol. The topological polar surface area (TPSA) is 88.3 Å².